The van der Waals surface area contributed by atoms with Crippen molar-refractivity contribution in [2.75, 3.05) is 5.32 Å². The highest BCUT2D eigenvalue weighted by atomic mass is 35.5. The monoisotopic (exact) mass is 351 g/mol. The van der Waals surface area contributed by atoms with Gasteiger partial charge in [0.1, 0.15) is 11.5 Å². The molecule has 1 aliphatic heterocycles. The minimum Gasteiger partial charge on any atom is -0.457 e. The highest BCUT2D eigenvalue weighted by Crippen LogP contribution is 2.25. The van der Waals surface area contributed by atoms with Gasteiger partial charge in [0.25, 0.3) is 0 Å². The first-order valence-electron chi connectivity index (χ1n) is 8.22. The van der Waals surface area contributed by atoms with Crippen molar-refractivity contribution < 1.29 is 9.47 Å². The van der Waals surface area contributed by atoms with Gasteiger partial charge in [-0.25, -0.2) is 0 Å². The number of hydrogen-bond acceptors (Lipinski definition) is 3. The zero-order chi connectivity index (χ0) is 17.1. The maximum Gasteiger partial charge on any atom is 0.127 e. The molecule has 3 nitrogen and oxygen atoms in total. The number of fused-ring (bicyclic) bond motifs is 1. The van der Waals surface area contributed by atoms with Crippen molar-refractivity contribution in [2.24, 2.45) is 0 Å². The van der Waals surface area contributed by atoms with E-state index in [1.165, 1.54) is 16.7 Å². The molecule has 0 spiro atoms. The van der Waals surface area contributed by atoms with Crippen LogP contribution in [-0.2, 0) is 24.5 Å². The topological polar surface area (TPSA) is 30.5 Å². The molecular formula is C21H18ClNO2. The second-order valence-corrected chi connectivity index (χ2v) is 6.47. The molecule has 4 rings (SSSR count). The van der Waals surface area contributed by atoms with Crippen molar-refractivity contribution in [1.29, 1.82) is 0 Å². The molecule has 0 radical (unpaired) electrons. The summed E-state index contributed by atoms with van der Waals surface area (Å²) < 4.78 is 11.3. The van der Waals surface area contributed by atoms with Gasteiger partial charge in [-0.1, -0.05) is 29.8 Å². The minimum absolute atomic E-state index is 0.699. The van der Waals surface area contributed by atoms with Crippen LogP contribution >= 0.6 is 11.6 Å². The first-order chi connectivity index (χ1) is 12.3. The average molecular weight is 352 g/mol. The molecule has 3 aromatic carbocycles. The largest absolute Gasteiger partial charge is 0.457 e. The molecule has 0 fully saturated rings. The molecule has 126 valence electrons. The second-order valence-electron chi connectivity index (χ2n) is 6.03. The average Bonchev–Trinajstić information content (AvgIpc) is 3.11. The van der Waals surface area contributed by atoms with Crippen LogP contribution in [0.3, 0.4) is 0 Å². The van der Waals surface area contributed by atoms with Crippen molar-refractivity contribution in [2.45, 2.75) is 19.8 Å². The third kappa shape index (κ3) is 3.95. The Balaban J connectivity index is 1.36. The molecule has 0 aliphatic carbocycles. The second kappa shape index (κ2) is 7.18. The van der Waals surface area contributed by atoms with Gasteiger partial charge < -0.3 is 14.8 Å². The Bertz CT molecular complexity index is 860. The number of rotatable bonds is 5. The smallest absolute Gasteiger partial charge is 0.127 e. The van der Waals surface area contributed by atoms with Gasteiger partial charge in [0.2, 0.25) is 0 Å². The van der Waals surface area contributed by atoms with E-state index in [1.807, 2.05) is 48.5 Å². The van der Waals surface area contributed by atoms with Gasteiger partial charge in [-0.05, 0) is 65.2 Å². The summed E-state index contributed by atoms with van der Waals surface area (Å²) >= 11 is 5.88. The van der Waals surface area contributed by atoms with Crippen molar-refractivity contribution in [3.63, 3.8) is 0 Å². The molecule has 0 atom stereocenters. The molecule has 0 bridgehead atoms. The lowest BCUT2D eigenvalue weighted by Gasteiger charge is -2.10. The Labute approximate surface area is 152 Å². The molecule has 4 heteroatoms. The van der Waals surface area contributed by atoms with Crippen LogP contribution in [0.1, 0.15) is 16.7 Å². The predicted octanol–water partition coefficient (Wildman–Crippen LogP) is 5.77. The highest BCUT2D eigenvalue weighted by Gasteiger charge is 2.10. The molecule has 0 saturated carbocycles. The first-order valence-corrected chi connectivity index (χ1v) is 8.60. The number of anilines is 1. The van der Waals surface area contributed by atoms with E-state index >= 15 is 0 Å². The molecular weight excluding hydrogens is 334 g/mol. The molecule has 0 amide bonds. The highest BCUT2D eigenvalue weighted by molar-refractivity contribution is 6.30. The van der Waals surface area contributed by atoms with Crippen LogP contribution in [0, 0.1) is 0 Å². The fourth-order valence-electron chi connectivity index (χ4n) is 2.82. The third-order valence-corrected chi connectivity index (χ3v) is 4.44. The Kier molecular flexibility index (Phi) is 4.59. The summed E-state index contributed by atoms with van der Waals surface area (Å²) in [6.45, 7) is 2.24. The molecule has 1 heterocycles. The number of benzene rings is 3. The fourth-order valence-corrected chi connectivity index (χ4v) is 2.95. The van der Waals surface area contributed by atoms with Crippen LogP contribution in [0.25, 0.3) is 0 Å². The van der Waals surface area contributed by atoms with Gasteiger partial charge in [-0.3, -0.25) is 0 Å². The summed E-state index contributed by atoms with van der Waals surface area (Å²) in [5.74, 6) is 1.56. The van der Waals surface area contributed by atoms with Crippen LogP contribution in [0.2, 0.25) is 5.02 Å². The van der Waals surface area contributed by atoms with Crippen LogP contribution in [0.4, 0.5) is 5.69 Å². The lowest BCUT2D eigenvalue weighted by Crippen LogP contribution is -2.00. The number of nitrogens with one attached hydrogen (secondary N) is 1. The van der Waals surface area contributed by atoms with Crippen molar-refractivity contribution >= 4 is 17.3 Å². The van der Waals surface area contributed by atoms with E-state index in [-0.39, 0.29) is 0 Å². The van der Waals surface area contributed by atoms with E-state index in [1.54, 1.807) is 0 Å². The van der Waals surface area contributed by atoms with Gasteiger partial charge in [0.15, 0.2) is 0 Å². The predicted molar refractivity (Wildman–Crippen MR) is 100 cm³/mol. The summed E-state index contributed by atoms with van der Waals surface area (Å²) in [5.41, 5.74) is 4.91. The summed E-state index contributed by atoms with van der Waals surface area (Å²) in [6.07, 6.45) is 0. The van der Waals surface area contributed by atoms with Crippen molar-refractivity contribution in [3.8, 4) is 11.5 Å². The maximum absolute atomic E-state index is 5.88. The number of hydrogen-bond donors (Lipinski definition) is 1. The third-order valence-electron chi connectivity index (χ3n) is 4.19. The number of halogens is 1. The molecule has 1 N–H and O–H groups in total. The van der Waals surface area contributed by atoms with Crippen LogP contribution in [-0.4, -0.2) is 0 Å². The van der Waals surface area contributed by atoms with E-state index in [9.17, 15) is 0 Å². The molecule has 1 aliphatic rings. The summed E-state index contributed by atoms with van der Waals surface area (Å²) in [4.78, 5) is 0. The van der Waals surface area contributed by atoms with Crippen LogP contribution in [0.5, 0.6) is 11.5 Å². The van der Waals surface area contributed by atoms with E-state index in [2.05, 4.69) is 23.5 Å². The van der Waals surface area contributed by atoms with E-state index in [0.29, 0.717) is 5.02 Å². The first kappa shape index (κ1) is 16.0. The molecule has 25 heavy (non-hydrogen) atoms. The van der Waals surface area contributed by atoms with Gasteiger partial charge in [0, 0.05) is 17.3 Å². The summed E-state index contributed by atoms with van der Waals surface area (Å²) in [6, 6.07) is 21.8. The van der Waals surface area contributed by atoms with E-state index < -0.39 is 0 Å². The van der Waals surface area contributed by atoms with Gasteiger partial charge in [-0.2, -0.15) is 0 Å². The van der Waals surface area contributed by atoms with Crippen LogP contribution in [0.15, 0.2) is 66.7 Å². The Morgan fingerprint density at radius 2 is 1.52 bits per heavy atom. The standard InChI is InChI=1S/C21H18ClNO2/c22-18-3-7-20(8-4-18)25-21-9-5-19(6-10-21)23-12-15-1-2-16-13-24-14-17(16)11-15/h1-11,23H,12-14H2. The molecule has 0 saturated heterocycles. The fraction of sp³-hybridized carbons (Fsp3) is 0.143. The summed E-state index contributed by atoms with van der Waals surface area (Å²) in [5, 5.41) is 4.14. The van der Waals surface area contributed by atoms with E-state index in [0.717, 1.165) is 36.9 Å². The van der Waals surface area contributed by atoms with Gasteiger partial charge in [0.05, 0.1) is 13.2 Å². The SMILES string of the molecule is Clc1ccc(Oc2ccc(NCc3ccc4c(c3)COC4)cc2)cc1. The lowest BCUT2D eigenvalue weighted by molar-refractivity contribution is 0.134. The maximum atomic E-state index is 5.88. The quantitative estimate of drug-likeness (QED) is 0.632. The summed E-state index contributed by atoms with van der Waals surface area (Å²) in [7, 11) is 0. The van der Waals surface area contributed by atoms with Gasteiger partial charge >= 0.3 is 0 Å². The molecule has 0 aromatic heterocycles. The zero-order valence-corrected chi connectivity index (χ0v) is 14.4. The number of ether oxygens (including phenoxy) is 2. The van der Waals surface area contributed by atoms with Crippen molar-refractivity contribution in [3.05, 3.63) is 88.4 Å². The van der Waals surface area contributed by atoms with Gasteiger partial charge in [-0.15, -0.1) is 0 Å². The zero-order valence-electron chi connectivity index (χ0n) is 13.7. The normalized spacial score (nSPS) is 12.7. The Hall–Kier alpha value is -2.49. The molecule has 0 unspecified atom stereocenters. The van der Waals surface area contributed by atoms with Crippen LogP contribution < -0.4 is 10.1 Å². The van der Waals surface area contributed by atoms with E-state index in [4.69, 9.17) is 21.1 Å². The molecule has 3 aromatic rings. The Morgan fingerprint density at radius 1 is 0.840 bits per heavy atom. The lowest BCUT2D eigenvalue weighted by atomic mass is 10.1. The minimum atomic E-state index is 0.699. The Morgan fingerprint density at radius 3 is 2.28 bits per heavy atom. The van der Waals surface area contributed by atoms with Crippen molar-refractivity contribution in [1.82, 2.24) is 0 Å².